The molecule has 3 rings (SSSR count). The van der Waals surface area contributed by atoms with Crippen molar-refractivity contribution in [1.29, 1.82) is 0 Å². The first-order valence-electron chi connectivity index (χ1n) is 8.73. The number of anilines is 1. The fourth-order valence-electron chi connectivity index (χ4n) is 2.76. The van der Waals surface area contributed by atoms with Gasteiger partial charge < -0.3 is 5.32 Å². The van der Waals surface area contributed by atoms with Gasteiger partial charge in [-0.05, 0) is 60.9 Å². The van der Waals surface area contributed by atoms with Crippen LogP contribution in [-0.2, 0) is 16.6 Å². The molecule has 0 unspecified atom stereocenters. The molecule has 0 atom stereocenters. The molecule has 144 valence electrons. The van der Waals surface area contributed by atoms with Crippen LogP contribution < -0.4 is 10.0 Å². The second-order valence-corrected chi connectivity index (χ2v) is 8.20. The smallest absolute Gasteiger partial charge is 0.255 e. The summed E-state index contributed by atoms with van der Waals surface area (Å²) >= 11 is 0. The number of nitrogens with one attached hydrogen (secondary N) is 2. The highest BCUT2D eigenvalue weighted by Gasteiger charge is 2.17. The minimum atomic E-state index is -3.75. The molecular weight excluding hydrogens is 374 g/mol. The zero-order chi connectivity index (χ0) is 20.1. The van der Waals surface area contributed by atoms with E-state index in [-0.39, 0.29) is 22.9 Å². The predicted molar refractivity (Wildman–Crippen MR) is 109 cm³/mol. The summed E-state index contributed by atoms with van der Waals surface area (Å²) in [5, 5.41) is 2.87. The van der Waals surface area contributed by atoms with Crippen molar-refractivity contribution in [2.24, 2.45) is 0 Å². The molecule has 28 heavy (non-hydrogen) atoms. The standard InChI is InChI=1S/C21H21N3O3S/c1-15-5-3-6-16(2)20(15)24-21(25)18-7-4-8-19(13-18)28(26,27)23-14-17-9-11-22-12-10-17/h3-13,23H,14H2,1-2H3,(H,24,25). The maximum Gasteiger partial charge on any atom is 0.255 e. The molecule has 1 aromatic heterocycles. The van der Waals surface area contributed by atoms with E-state index in [9.17, 15) is 13.2 Å². The Morgan fingerprint density at radius 2 is 1.61 bits per heavy atom. The van der Waals surface area contributed by atoms with Gasteiger partial charge in [-0.1, -0.05) is 24.3 Å². The van der Waals surface area contributed by atoms with Crippen molar-refractivity contribution < 1.29 is 13.2 Å². The zero-order valence-corrected chi connectivity index (χ0v) is 16.5. The number of hydrogen-bond acceptors (Lipinski definition) is 4. The number of sulfonamides is 1. The summed E-state index contributed by atoms with van der Waals surface area (Å²) in [7, 11) is -3.75. The highest BCUT2D eigenvalue weighted by molar-refractivity contribution is 7.89. The lowest BCUT2D eigenvalue weighted by Crippen LogP contribution is -2.24. The van der Waals surface area contributed by atoms with Gasteiger partial charge in [0.05, 0.1) is 4.90 Å². The fraction of sp³-hybridized carbons (Fsp3) is 0.143. The quantitative estimate of drug-likeness (QED) is 0.669. The van der Waals surface area contributed by atoms with Crippen molar-refractivity contribution in [3.63, 3.8) is 0 Å². The molecule has 3 aromatic rings. The Hall–Kier alpha value is -3.03. The first kappa shape index (κ1) is 19.7. The van der Waals surface area contributed by atoms with Gasteiger partial charge in [0.15, 0.2) is 0 Å². The Labute approximate surface area is 164 Å². The maximum absolute atomic E-state index is 12.6. The van der Waals surface area contributed by atoms with Crippen molar-refractivity contribution in [1.82, 2.24) is 9.71 Å². The van der Waals surface area contributed by atoms with Crippen molar-refractivity contribution >= 4 is 21.6 Å². The summed E-state index contributed by atoms with van der Waals surface area (Å²) in [6.45, 7) is 3.96. The molecule has 0 saturated heterocycles. The fourth-order valence-corrected chi connectivity index (χ4v) is 3.83. The van der Waals surface area contributed by atoms with Crippen LogP contribution in [0.2, 0.25) is 0 Å². The van der Waals surface area contributed by atoms with E-state index in [0.717, 1.165) is 22.4 Å². The zero-order valence-electron chi connectivity index (χ0n) is 15.6. The molecule has 0 fully saturated rings. The highest BCUT2D eigenvalue weighted by Crippen LogP contribution is 2.21. The van der Waals surface area contributed by atoms with E-state index in [1.807, 2.05) is 32.0 Å². The van der Waals surface area contributed by atoms with Gasteiger partial charge in [-0.25, -0.2) is 13.1 Å². The Kier molecular flexibility index (Phi) is 5.87. The van der Waals surface area contributed by atoms with Crippen molar-refractivity contribution in [3.05, 3.63) is 89.2 Å². The van der Waals surface area contributed by atoms with Gasteiger partial charge in [-0.15, -0.1) is 0 Å². The van der Waals surface area contributed by atoms with E-state index in [2.05, 4.69) is 15.0 Å². The number of para-hydroxylation sites is 1. The number of rotatable bonds is 6. The minimum absolute atomic E-state index is 0.0377. The van der Waals surface area contributed by atoms with Gasteiger partial charge >= 0.3 is 0 Å². The Morgan fingerprint density at radius 1 is 0.964 bits per heavy atom. The molecule has 0 spiro atoms. The molecule has 0 radical (unpaired) electrons. The number of carbonyl (C=O) groups is 1. The van der Waals surface area contributed by atoms with Gasteiger partial charge in [-0.2, -0.15) is 0 Å². The number of aryl methyl sites for hydroxylation is 2. The van der Waals surface area contributed by atoms with Crippen LogP contribution in [0.1, 0.15) is 27.0 Å². The van der Waals surface area contributed by atoms with Gasteiger partial charge in [0.2, 0.25) is 10.0 Å². The lowest BCUT2D eigenvalue weighted by Gasteiger charge is -2.12. The molecule has 0 aliphatic heterocycles. The largest absolute Gasteiger partial charge is 0.322 e. The van der Waals surface area contributed by atoms with Crippen LogP contribution in [0.4, 0.5) is 5.69 Å². The van der Waals surface area contributed by atoms with E-state index in [0.29, 0.717) is 0 Å². The van der Waals surface area contributed by atoms with Crippen molar-refractivity contribution in [2.75, 3.05) is 5.32 Å². The van der Waals surface area contributed by atoms with Crippen LogP contribution in [0.5, 0.6) is 0 Å². The topological polar surface area (TPSA) is 88.2 Å². The van der Waals surface area contributed by atoms with Crippen molar-refractivity contribution in [3.8, 4) is 0 Å². The van der Waals surface area contributed by atoms with E-state index in [4.69, 9.17) is 0 Å². The molecule has 2 aromatic carbocycles. The third-order valence-corrected chi connectivity index (χ3v) is 5.74. The Morgan fingerprint density at radius 3 is 2.29 bits per heavy atom. The summed E-state index contributed by atoms with van der Waals surface area (Å²) in [5.74, 6) is -0.358. The number of benzene rings is 2. The number of pyridine rings is 1. The maximum atomic E-state index is 12.6. The summed E-state index contributed by atoms with van der Waals surface area (Å²) in [6, 6.07) is 15.2. The lowest BCUT2D eigenvalue weighted by molar-refractivity contribution is 0.102. The molecule has 0 aliphatic rings. The molecule has 7 heteroatoms. The Bertz CT molecular complexity index is 1080. The van der Waals surface area contributed by atoms with Gasteiger partial charge in [-0.3, -0.25) is 9.78 Å². The van der Waals surface area contributed by atoms with Gasteiger partial charge in [0, 0.05) is 30.2 Å². The monoisotopic (exact) mass is 395 g/mol. The first-order chi connectivity index (χ1) is 13.4. The number of amides is 1. The molecule has 6 nitrogen and oxygen atoms in total. The second kappa shape index (κ2) is 8.33. The van der Waals surface area contributed by atoms with Crippen LogP contribution in [-0.4, -0.2) is 19.3 Å². The third-order valence-electron chi connectivity index (χ3n) is 4.34. The molecule has 1 heterocycles. The summed E-state index contributed by atoms with van der Waals surface area (Å²) < 4.78 is 27.7. The SMILES string of the molecule is Cc1cccc(C)c1NC(=O)c1cccc(S(=O)(=O)NCc2ccncc2)c1. The van der Waals surface area contributed by atoms with Gasteiger partial charge in [0.25, 0.3) is 5.91 Å². The van der Waals surface area contributed by atoms with Crippen LogP contribution in [0.3, 0.4) is 0 Å². The van der Waals surface area contributed by atoms with Crippen molar-refractivity contribution in [2.45, 2.75) is 25.3 Å². The van der Waals surface area contributed by atoms with Crippen LogP contribution in [0.15, 0.2) is 71.9 Å². The summed E-state index contributed by atoms with van der Waals surface area (Å²) in [5.41, 5.74) is 3.68. The number of nitrogens with zero attached hydrogens (tertiary/aromatic N) is 1. The molecule has 0 aliphatic carbocycles. The highest BCUT2D eigenvalue weighted by atomic mass is 32.2. The summed E-state index contributed by atoms with van der Waals surface area (Å²) in [4.78, 5) is 16.6. The van der Waals surface area contributed by atoms with E-state index in [1.165, 1.54) is 12.1 Å². The van der Waals surface area contributed by atoms with E-state index in [1.54, 1.807) is 36.7 Å². The lowest BCUT2D eigenvalue weighted by atomic mass is 10.1. The number of aromatic nitrogens is 1. The first-order valence-corrected chi connectivity index (χ1v) is 10.2. The molecule has 0 bridgehead atoms. The van der Waals surface area contributed by atoms with Gasteiger partial charge in [0.1, 0.15) is 0 Å². The van der Waals surface area contributed by atoms with Crippen LogP contribution in [0.25, 0.3) is 0 Å². The molecule has 0 saturated carbocycles. The van der Waals surface area contributed by atoms with Crippen LogP contribution >= 0.6 is 0 Å². The normalized spacial score (nSPS) is 11.2. The summed E-state index contributed by atoms with van der Waals surface area (Å²) in [6.07, 6.45) is 3.20. The molecule has 1 amide bonds. The predicted octanol–water partition coefficient (Wildman–Crippen LogP) is 3.43. The average molecular weight is 395 g/mol. The Balaban J connectivity index is 1.78. The third kappa shape index (κ3) is 4.62. The van der Waals surface area contributed by atoms with E-state index >= 15 is 0 Å². The van der Waals surface area contributed by atoms with Crippen LogP contribution in [0, 0.1) is 13.8 Å². The number of carbonyl (C=O) groups excluding carboxylic acids is 1. The van der Waals surface area contributed by atoms with E-state index < -0.39 is 10.0 Å². The second-order valence-electron chi connectivity index (χ2n) is 6.43. The number of hydrogen-bond donors (Lipinski definition) is 2. The minimum Gasteiger partial charge on any atom is -0.322 e. The average Bonchev–Trinajstić information content (AvgIpc) is 2.70. The molecule has 2 N–H and O–H groups in total. The molecular formula is C21H21N3O3S.